The molecule has 1 amide bonds. The molecule has 0 spiro atoms. The van der Waals surface area contributed by atoms with Crippen molar-refractivity contribution in [3.63, 3.8) is 0 Å². The fourth-order valence-corrected chi connectivity index (χ4v) is 5.56. The van der Waals surface area contributed by atoms with Crippen LogP contribution >= 0.6 is 43.2 Å². The van der Waals surface area contributed by atoms with Gasteiger partial charge in [-0.3, -0.25) is 0 Å². The van der Waals surface area contributed by atoms with E-state index in [-0.39, 0.29) is 17.0 Å². The number of aromatic carboxylic acids is 1. The van der Waals surface area contributed by atoms with Crippen LogP contribution < -0.4 is 0 Å². The van der Waals surface area contributed by atoms with Crippen LogP contribution in [0.15, 0.2) is 51.4 Å². The zero-order valence-electron chi connectivity index (χ0n) is 17.2. The van der Waals surface area contributed by atoms with Crippen LogP contribution in [0.1, 0.15) is 33.0 Å². The molecular formula is C22H21Br2F2NO5S. The molecule has 1 fully saturated rings. The minimum absolute atomic E-state index is 0.154. The van der Waals surface area contributed by atoms with Gasteiger partial charge in [0.05, 0.1) is 12.6 Å². The van der Waals surface area contributed by atoms with Gasteiger partial charge < -0.3 is 19.8 Å². The molecule has 0 unspecified atom stereocenters. The monoisotopic (exact) mass is 607 g/mol. The number of aliphatic hydroxyl groups excluding tert-OH is 1. The van der Waals surface area contributed by atoms with Crippen molar-refractivity contribution >= 4 is 55.3 Å². The van der Waals surface area contributed by atoms with Crippen LogP contribution in [0.4, 0.5) is 13.6 Å². The summed E-state index contributed by atoms with van der Waals surface area (Å²) in [4.78, 5) is 25.9. The number of alkyl halides is 2. The molecule has 2 heterocycles. The Morgan fingerprint density at radius 2 is 2.12 bits per heavy atom. The van der Waals surface area contributed by atoms with Crippen molar-refractivity contribution in [2.75, 3.05) is 13.2 Å². The van der Waals surface area contributed by atoms with Crippen molar-refractivity contribution in [3.05, 3.63) is 66.7 Å². The average molecular weight is 609 g/mol. The molecule has 6 nitrogen and oxygen atoms in total. The number of carbonyl (C=O) groups is 2. The molecule has 1 aromatic heterocycles. The van der Waals surface area contributed by atoms with Crippen molar-refractivity contribution in [2.24, 2.45) is 0 Å². The van der Waals surface area contributed by atoms with E-state index in [4.69, 9.17) is 9.84 Å². The Morgan fingerprint density at radius 3 is 2.79 bits per heavy atom. The van der Waals surface area contributed by atoms with Gasteiger partial charge in [0, 0.05) is 32.4 Å². The quantitative estimate of drug-likeness (QED) is 0.350. The normalized spacial score (nSPS) is 17.9. The second kappa shape index (κ2) is 11.1. The predicted molar refractivity (Wildman–Crippen MR) is 127 cm³/mol. The van der Waals surface area contributed by atoms with Gasteiger partial charge in [0.15, 0.2) is 0 Å². The highest BCUT2D eigenvalue weighted by molar-refractivity contribution is 9.10. The molecule has 2 atom stereocenters. The van der Waals surface area contributed by atoms with Crippen LogP contribution in [0.3, 0.4) is 0 Å². The molecule has 3 rings (SSSR count). The van der Waals surface area contributed by atoms with Crippen LogP contribution in [0, 0.1) is 0 Å². The molecule has 33 heavy (non-hydrogen) atoms. The fourth-order valence-electron chi connectivity index (χ4n) is 3.41. The number of hydrogen-bond donors (Lipinski definition) is 2. The summed E-state index contributed by atoms with van der Waals surface area (Å²) in [7, 11) is 0. The largest absolute Gasteiger partial charge is 0.477 e. The van der Waals surface area contributed by atoms with Gasteiger partial charge in [0.25, 0.3) is 0 Å². The highest BCUT2D eigenvalue weighted by Gasteiger charge is 2.39. The molecule has 1 aromatic carbocycles. The fraction of sp³-hybridized carbons (Fsp3) is 0.364. The maximum atomic E-state index is 14.7. The summed E-state index contributed by atoms with van der Waals surface area (Å²) in [5.41, 5.74) is -0.323. The summed E-state index contributed by atoms with van der Waals surface area (Å²) in [5.74, 6) is -4.51. The third-order valence-corrected chi connectivity index (χ3v) is 7.79. The lowest BCUT2D eigenvalue weighted by Gasteiger charge is -2.33. The molecule has 2 N–H and O–H groups in total. The molecule has 0 aliphatic carbocycles. The van der Waals surface area contributed by atoms with Crippen molar-refractivity contribution in [3.8, 4) is 0 Å². The molecule has 178 valence electrons. The Kier molecular flexibility index (Phi) is 8.65. The van der Waals surface area contributed by atoms with E-state index in [1.165, 1.54) is 35.2 Å². The second-order valence-corrected chi connectivity index (χ2v) is 10.3. The Balaban J connectivity index is 1.65. The van der Waals surface area contributed by atoms with E-state index in [9.17, 15) is 23.5 Å². The Hall–Kier alpha value is -1.82. The summed E-state index contributed by atoms with van der Waals surface area (Å²) in [6.45, 7) is 0.444. The van der Waals surface area contributed by atoms with Gasteiger partial charge in [-0.15, -0.1) is 11.3 Å². The highest BCUT2D eigenvalue weighted by Crippen LogP contribution is 2.34. The number of aryl methyl sites for hydroxylation is 1. The van der Waals surface area contributed by atoms with E-state index in [0.29, 0.717) is 34.8 Å². The average Bonchev–Trinajstić information content (AvgIpc) is 3.14. The number of ether oxygens (including phenoxy) is 1. The molecule has 0 saturated carbocycles. The van der Waals surface area contributed by atoms with E-state index in [2.05, 4.69) is 31.9 Å². The maximum absolute atomic E-state index is 14.7. The SMILES string of the molecule is O=C(O)c1cc(Br)c(CCCN2C(=O)OCC[C@@H]2C=C[C@@H](O)C(F)(F)c2cccc(Br)c2)s1. The smallest absolute Gasteiger partial charge is 0.410 e. The standard InChI is InChI=1S/C22H21Br2F2NO5S/c23-14-4-1-3-13(11-14)22(25,26)19(28)7-6-15-8-10-32-21(31)27(15)9-2-5-17-16(24)12-18(33-17)20(29)30/h1,3-4,6-7,11-12,15,19,28H,2,5,8-10H2,(H,29,30)/t15-,19+/m0/s1. The van der Waals surface area contributed by atoms with E-state index in [1.54, 1.807) is 6.07 Å². The number of benzene rings is 1. The highest BCUT2D eigenvalue weighted by atomic mass is 79.9. The van der Waals surface area contributed by atoms with Crippen LogP contribution in [0.25, 0.3) is 0 Å². The number of aliphatic hydroxyl groups is 1. The first kappa shape index (κ1) is 25.8. The Morgan fingerprint density at radius 1 is 1.36 bits per heavy atom. The minimum atomic E-state index is -3.51. The van der Waals surface area contributed by atoms with Gasteiger partial charge in [-0.25, -0.2) is 9.59 Å². The predicted octanol–water partition coefficient (Wildman–Crippen LogP) is 5.82. The maximum Gasteiger partial charge on any atom is 0.410 e. The van der Waals surface area contributed by atoms with Crippen molar-refractivity contribution < 1.29 is 33.3 Å². The number of nitrogens with zero attached hydrogens (tertiary/aromatic N) is 1. The van der Waals surface area contributed by atoms with Gasteiger partial charge in [-0.2, -0.15) is 8.78 Å². The van der Waals surface area contributed by atoms with E-state index >= 15 is 0 Å². The number of carboxylic acids is 1. The molecule has 1 aliphatic rings. The number of halogens is 4. The number of carbonyl (C=O) groups excluding carboxylic acids is 1. The zero-order chi connectivity index (χ0) is 24.2. The molecule has 1 aliphatic heterocycles. The summed E-state index contributed by atoms with van der Waals surface area (Å²) < 4.78 is 35.6. The third-order valence-electron chi connectivity index (χ3n) is 5.14. The molecule has 11 heteroatoms. The summed E-state index contributed by atoms with van der Waals surface area (Å²) >= 11 is 7.66. The lowest BCUT2D eigenvalue weighted by atomic mass is 10.0. The number of amides is 1. The number of rotatable bonds is 9. The van der Waals surface area contributed by atoms with E-state index < -0.39 is 30.1 Å². The van der Waals surface area contributed by atoms with Crippen LogP contribution in [-0.4, -0.2) is 52.5 Å². The van der Waals surface area contributed by atoms with Gasteiger partial charge in [0.2, 0.25) is 0 Å². The number of cyclic esters (lactones) is 1. The van der Waals surface area contributed by atoms with Crippen LogP contribution in [-0.2, 0) is 17.1 Å². The first-order valence-corrected chi connectivity index (χ1v) is 12.4. The summed E-state index contributed by atoms with van der Waals surface area (Å²) in [5, 5.41) is 19.3. The zero-order valence-corrected chi connectivity index (χ0v) is 21.2. The van der Waals surface area contributed by atoms with Gasteiger partial charge in [0.1, 0.15) is 11.0 Å². The van der Waals surface area contributed by atoms with E-state index in [1.807, 2.05) is 0 Å². The molecule has 0 radical (unpaired) electrons. The lowest BCUT2D eigenvalue weighted by molar-refractivity contribution is -0.0930. The molecule has 1 saturated heterocycles. The molecule has 2 aromatic rings. The first-order chi connectivity index (χ1) is 15.6. The third kappa shape index (κ3) is 6.40. The van der Waals surface area contributed by atoms with Gasteiger partial charge in [-0.1, -0.05) is 40.2 Å². The summed E-state index contributed by atoms with van der Waals surface area (Å²) in [6.07, 6.45) is 1.27. The molecule has 0 bridgehead atoms. The van der Waals surface area contributed by atoms with E-state index in [0.717, 1.165) is 22.3 Å². The van der Waals surface area contributed by atoms with Crippen molar-refractivity contribution in [1.29, 1.82) is 0 Å². The number of thiophene rings is 1. The minimum Gasteiger partial charge on any atom is -0.477 e. The molecular weight excluding hydrogens is 588 g/mol. The number of carboxylic acid groups (broad SMARTS) is 1. The second-order valence-electron chi connectivity index (χ2n) is 7.42. The topological polar surface area (TPSA) is 87.1 Å². The van der Waals surface area contributed by atoms with Crippen molar-refractivity contribution in [1.82, 2.24) is 4.90 Å². The van der Waals surface area contributed by atoms with Gasteiger partial charge >= 0.3 is 18.0 Å². The van der Waals surface area contributed by atoms with Gasteiger partial charge in [-0.05, 0) is 47.0 Å². The lowest BCUT2D eigenvalue weighted by Crippen LogP contribution is -2.45. The van der Waals surface area contributed by atoms with Crippen LogP contribution in [0.2, 0.25) is 0 Å². The Bertz CT molecular complexity index is 1050. The summed E-state index contributed by atoms with van der Waals surface area (Å²) in [6, 6.07) is 6.61. The van der Waals surface area contributed by atoms with Crippen molar-refractivity contribution in [2.45, 2.75) is 37.3 Å². The number of hydrogen-bond acceptors (Lipinski definition) is 5. The first-order valence-electron chi connectivity index (χ1n) is 10.0. The van der Waals surface area contributed by atoms with Crippen LogP contribution in [0.5, 0.6) is 0 Å². The Labute approximate surface area is 210 Å².